The van der Waals surface area contributed by atoms with Crippen LogP contribution in [-0.2, 0) is 4.74 Å². The molecule has 1 aliphatic rings. The molecule has 1 aliphatic carbocycles. The van der Waals surface area contributed by atoms with Crippen LogP contribution in [0.1, 0.15) is 47.4 Å². The maximum Gasteiger partial charge on any atom is 0.343 e. The molecule has 2 heterocycles. The van der Waals surface area contributed by atoms with E-state index in [1.807, 2.05) is 41.8 Å². The number of benzene rings is 1. The van der Waals surface area contributed by atoms with Crippen molar-refractivity contribution in [3.63, 3.8) is 0 Å². The van der Waals surface area contributed by atoms with Gasteiger partial charge in [-0.1, -0.05) is 24.3 Å². The monoisotopic (exact) mass is 404 g/mol. The smallest absolute Gasteiger partial charge is 0.343 e. The number of aromatic nitrogens is 2. The van der Waals surface area contributed by atoms with E-state index < -0.39 is 11.4 Å². The van der Waals surface area contributed by atoms with Crippen LogP contribution in [0.3, 0.4) is 0 Å². The number of ether oxygens (including phenoxy) is 2. The number of carbonyl (C=O) groups excluding carboxylic acids is 1. The number of esters is 1. The molecule has 0 N–H and O–H groups in total. The van der Waals surface area contributed by atoms with Gasteiger partial charge in [0.25, 0.3) is 0 Å². The van der Waals surface area contributed by atoms with Crippen LogP contribution in [0.2, 0.25) is 0 Å². The average Bonchev–Trinajstić information content (AvgIpc) is 3.58. The molecule has 6 heteroatoms. The zero-order valence-electron chi connectivity index (χ0n) is 17.1. The van der Waals surface area contributed by atoms with E-state index in [2.05, 4.69) is 4.98 Å². The number of carbonyl (C=O) groups is 1. The van der Waals surface area contributed by atoms with Crippen molar-refractivity contribution in [2.45, 2.75) is 32.7 Å². The van der Waals surface area contributed by atoms with Gasteiger partial charge in [-0.2, -0.15) is 0 Å². The first kappa shape index (κ1) is 19.9. The molecule has 30 heavy (non-hydrogen) atoms. The van der Waals surface area contributed by atoms with E-state index in [0.29, 0.717) is 11.7 Å². The molecule has 2 aromatic heterocycles. The van der Waals surface area contributed by atoms with Crippen molar-refractivity contribution >= 4 is 5.97 Å². The second-order valence-electron chi connectivity index (χ2n) is 7.44. The lowest BCUT2D eigenvalue weighted by Crippen LogP contribution is -2.24. The fourth-order valence-corrected chi connectivity index (χ4v) is 3.60. The minimum atomic E-state index is -0.651. The highest BCUT2D eigenvalue weighted by molar-refractivity contribution is 5.89. The fraction of sp³-hybridized carbons (Fsp3) is 0.292. The molecular formula is C24H24N2O4. The van der Waals surface area contributed by atoms with E-state index >= 15 is 0 Å². The van der Waals surface area contributed by atoms with Crippen molar-refractivity contribution in [3.8, 4) is 11.5 Å². The van der Waals surface area contributed by atoms with Crippen LogP contribution < -0.4 is 10.2 Å². The quantitative estimate of drug-likeness (QED) is 0.542. The van der Waals surface area contributed by atoms with Gasteiger partial charge >= 0.3 is 5.97 Å². The summed E-state index contributed by atoms with van der Waals surface area (Å²) in [5.74, 6) is 0.355. The minimum Gasteiger partial charge on any atom is -0.462 e. The number of hydrogen-bond donors (Lipinski definition) is 0. The molecule has 4 rings (SSSR count). The Kier molecular flexibility index (Phi) is 5.65. The SMILES string of the molecule is CCOC(=O)c1cn([C@@H](c2ncccc2C)C2CC2)cc(Oc2ccccc2)c1=O. The van der Waals surface area contributed by atoms with Gasteiger partial charge in [0.1, 0.15) is 11.3 Å². The summed E-state index contributed by atoms with van der Waals surface area (Å²) >= 11 is 0. The van der Waals surface area contributed by atoms with E-state index in [-0.39, 0.29) is 24.0 Å². The van der Waals surface area contributed by atoms with E-state index in [1.165, 1.54) is 0 Å². The summed E-state index contributed by atoms with van der Waals surface area (Å²) in [6.45, 7) is 3.92. The first-order valence-electron chi connectivity index (χ1n) is 10.2. The lowest BCUT2D eigenvalue weighted by Gasteiger charge is -2.23. The molecule has 0 aliphatic heterocycles. The number of nitrogens with zero attached hydrogens (tertiary/aromatic N) is 2. The highest BCUT2D eigenvalue weighted by Gasteiger charge is 2.36. The van der Waals surface area contributed by atoms with Crippen molar-refractivity contribution in [3.05, 3.63) is 88.1 Å². The molecule has 0 radical (unpaired) electrons. The Morgan fingerprint density at radius 2 is 1.93 bits per heavy atom. The highest BCUT2D eigenvalue weighted by Crippen LogP contribution is 2.44. The predicted octanol–water partition coefficient (Wildman–Crippen LogP) is 4.52. The van der Waals surface area contributed by atoms with Crippen LogP contribution in [0.25, 0.3) is 0 Å². The van der Waals surface area contributed by atoms with Gasteiger partial charge in [0.05, 0.1) is 24.5 Å². The maximum absolute atomic E-state index is 13.0. The van der Waals surface area contributed by atoms with Gasteiger partial charge in [-0.25, -0.2) is 4.79 Å². The van der Waals surface area contributed by atoms with Gasteiger partial charge < -0.3 is 14.0 Å². The third-order valence-corrected chi connectivity index (χ3v) is 5.20. The van der Waals surface area contributed by atoms with Crippen molar-refractivity contribution in [2.24, 2.45) is 5.92 Å². The van der Waals surface area contributed by atoms with Crippen molar-refractivity contribution < 1.29 is 14.3 Å². The molecule has 0 spiro atoms. The van der Waals surface area contributed by atoms with Gasteiger partial charge in [0.2, 0.25) is 5.43 Å². The molecule has 3 aromatic rings. The fourth-order valence-electron chi connectivity index (χ4n) is 3.60. The molecule has 0 unspecified atom stereocenters. The summed E-state index contributed by atoms with van der Waals surface area (Å²) in [6.07, 6.45) is 7.16. The lowest BCUT2D eigenvalue weighted by molar-refractivity contribution is 0.0523. The summed E-state index contributed by atoms with van der Waals surface area (Å²) < 4.78 is 12.9. The number of aryl methyl sites for hydroxylation is 1. The maximum atomic E-state index is 13.0. The van der Waals surface area contributed by atoms with E-state index in [1.54, 1.807) is 37.6 Å². The largest absolute Gasteiger partial charge is 0.462 e. The summed E-state index contributed by atoms with van der Waals surface area (Å²) in [7, 11) is 0. The zero-order valence-corrected chi connectivity index (χ0v) is 17.1. The van der Waals surface area contributed by atoms with Crippen LogP contribution in [0.15, 0.2) is 65.8 Å². The number of para-hydroxylation sites is 1. The second-order valence-corrected chi connectivity index (χ2v) is 7.44. The molecule has 1 fully saturated rings. The van der Waals surface area contributed by atoms with Crippen LogP contribution >= 0.6 is 0 Å². The first-order chi connectivity index (χ1) is 14.6. The summed E-state index contributed by atoms with van der Waals surface area (Å²) in [5, 5.41) is 0. The molecular weight excluding hydrogens is 380 g/mol. The van der Waals surface area contributed by atoms with Gasteiger partial charge in [-0.05, 0) is 56.4 Å². The van der Waals surface area contributed by atoms with Crippen molar-refractivity contribution in [1.82, 2.24) is 9.55 Å². The van der Waals surface area contributed by atoms with Crippen LogP contribution in [0.5, 0.6) is 11.5 Å². The molecule has 1 atom stereocenters. The van der Waals surface area contributed by atoms with Crippen molar-refractivity contribution in [1.29, 1.82) is 0 Å². The average molecular weight is 404 g/mol. The Morgan fingerprint density at radius 3 is 2.60 bits per heavy atom. The standard InChI is InChI=1S/C24H24N2O4/c1-3-29-24(28)19-14-26(15-20(23(19)27)30-18-9-5-4-6-10-18)22(17-11-12-17)21-16(2)8-7-13-25-21/h4-10,13-15,17,22H,3,11-12H2,1-2H3/t22-/m1/s1. The summed E-state index contributed by atoms with van der Waals surface area (Å²) in [5.41, 5.74) is 1.48. The molecule has 154 valence electrons. The van der Waals surface area contributed by atoms with Crippen molar-refractivity contribution in [2.75, 3.05) is 6.61 Å². The van der Waals surface area contributed by atoms with Gasteiger partial charge in [0, 0.05) is 12.4 Å². The van der Waals surface area contributed by atoms with Crippen LogP contribution in [0.4, 0.5) is 0 Å². The molecule has 0 amide bonds. The minimum absolute atomic E-state index is 0.0375. The molecule has 6 nitrogen and oxygen atoms in total. The third-order valence-electron chi connectivity index (χ3n) is 5.20. The summed E-state index contributed by atoms with van der Waals surface area (Å²) in [4.78, 5) is 30.1. The molecule has 0 bridgehead atoms. The zero-order chi connectivity index (χ0) is 21.1. The van der Waals surface area contributed by atoms with E-state index in [4.69, 9.17) is 9.47 Å². The Morgan fingerprint density at radius 1 is 1.17 bits per heavy atom. The summed E-state index contributed by atoms with van der Waals surface area (Å²) in [6, 6.07) is 12.9. The predicted molar refractivity (Wildman–Crippen MR) is 113 cm³/mol. The van der Waals surface area contributed by atoms with E-state index in [0.717, 1.165) is 24.1 Å². The van der Waals surface area contributed by atoms with Gasteiger partial charge in [-0.15, -0.1) is 0 Å². The molecule has 1 saturated carbocycles. The van der Waals surface area contributed by atoms with E-state index in [9.17, 15) is 9.59 Å². The topological polar surface area (TPSA) is 70.4 Å². The Bertz CT molecular complexity index is 1100. The number of pyridine rings is 2. The normalized spacial score (nSPS) is 14.2. The Labute approximate surface area is 175 Å². The Balaban J connectivity index is 1.84. The first-order valence-corrected chi connectivity index (χ1v) is 10.2. The molecule has 1 aromatic carbocycles. The number of hydrogen-bond acceptors (Lipinski definition) is 5. The van der Waals surface area contributed by atoms with Crippen LogP contribution in [-0.4, -0.2) is 22.1 Å². The number of rotatable bonds is 7. The van der Waals surface area contributed by atoms with Gasteiger partial charge in [0.15, 0.2) is 5.75 Å². The molecule has 0 saturated heterocycles. The third kappa shape index (κ3) is 4.13. The second kappa shape index (κ2) is 8.53. The lowest BCUT2D eigenvalue weighted by atomic mass is 10.0. The Hall–Kier alpha value is -3.41. The van der Waals surface area contributed by atoms with Crippen LogP contribution in [0, 0.1) is 12.8 Å². The van der Waals surface area contributed by atoms with Gasteiger partial charge in [-0.3, -0.25) is 9.78 Å². The highest BCUT2D eigenvalue weighted by atomic mass is 16.5.